The summed E-state index contributed by atoms with van der Waals surface area (Å²) in [6, 6.07) is 44.3. The van der Waals surface area contributed by atoms with Crippen LogP contribution in [-0.2, 0) is 40.8 Å². The minimum Gasteiger partial charge on any atom is -0.503 e. The number of hydrogen-bond donors (Lipinski definition) is 0. The molecule has 8 aromatic rings. The van der Waals surface area contributed by atoms with Crippen molar-refractivity contribution < 1.29 is 53.1 Å². The molecule has 230 valence electrons. The van der Waals surface area contributed by atoms with Crippen molar-refractivity contribution in [1.82, 2.24) is 24.5 Å². The SMILES string of the molecule is [2H]c1cccc(-c2[c-]c(Oc3[c-]c4c(cc3)c3ccc(Oc5[c-]c(-c6cccc([2H])n6)ccc5)[c-]c3n4-c3ncccn3)ccc2)n1.[Pd+2].[Pd+2]. The summed E-state index contributed by atoms with van der Waals surface area (Å²) in [5.41, 5.74) is 4.12. The van der Waals surface area contributed by atoms with Crippen LogP contribution in [0.2, 0.25) is 0 Å². The topological polar surface area (TPSA) is 75.0 Å². The van der Waals surface area contributed by atoms with Crippen LogP contribution in [0, 0.1) is 24.3 Å². The van der Waals surface area contributed by atoms with Crippen LogP contribution in [0.25, 0.3) is 50.3 Å². The molecule has 8 rings (SSSR count). The first-order valence-corrected chi connectivity index (χ1v) is 14.1. The van der Waals surface area contributed by atoms with E-state index in [1.54, 1.807) is 42.7 Å². The Morgan fingerprint density at radius 1 is 0.489 bits per heavy atom. The average molecular weight is 794 g/mol. The van der Waals surface area contributed by atoms with E-state index < -0.39 is 0 Å². The first-order chi connectivity index (χ1) is 23.1. The molecule has 7 nitrogen and oxygen atoms in total. The molecular weight excluding hydrogens is 771 g/mol. The summed E-state index contributed by atoms with van der Waals surface area (Å²) < 4.78 is 30.0. The zero-order valence-electron chi connectivity index (χ0n) is 26.2. The van der Waals surface area contributed by atoms with Crippen molar-refractivity contribution in [2.45, 2.75) is 0 Å². The fraction of sp³-hybridized carbons (Fsp3) is 0. The van der Waals surface area contributed by atoms with Gasteiger partial charge in [0.05, 0.1) is 2.74 Å². The average Bonchev–Trinajstić information content (AvgIpc) is 3.41. The van der Waals surface area contributed by atoms with Crippen LogP contribution < -0.4 is 9.47 Å². The van der Waals surface area contributed by atoms with Crippen LogP contribution >= 0.6 is 0 Å². The van der Waals surface area contributed by atoms with Crippen molar-refractivity contribution in [2.75, 3.05) is 0 Å². The van der Waals surface area contributed by atoms with E-state index in [0.29, 0.717) is 51.4 Å². The Morgan fingerprint density at radius 3 is 1.47 bits per heavy atom. The molecule has 4 aromatic heterocycles. The van der Waals surface area contributed by atoms with Crippen LogP contribution in [0.5, 0.6) is 23.0 Å². The number of nitrogens with zero attached hydrogens (tertiary/aromatic N) is 5. The van der Waals surface area contributed by atoms with Gasteiger partial charge >= 0.3 is 40.8 Å². The third kappa shape index (κ3) is 6.62. The van der Waals surface area contributed by atoms with Crippen LogP contribution in [0.3, 0.4) is 0 Å². The van der Waals surface area contributed by atoms with Gasteiger partial charge in [-0.2, -0.15) is 22.9 Å². The number of benzene rings is 4. The van der Waals surface area contributed by atoms with Crippen LogP contribution in [0.1, 0.15) is 2.74 Å². The Balaban J connectivity index is 0.00000208. The maximum absolute atomic E-state index is 7.85. The zero-order chi connectivity index (χ0) is 31.7. The monoisotopic (exact) mass is 793 g/mol. The van der Waals surface area contributed by atoms with Gasteiger partial charge in [0.1, 0.15) is 0 Å². The first-order valence-electron chi connectivity index (χ1n) is 15.1. The maximum Gasteiger partial charge on any atom is 2.00 e. The predicted molar refractivity (Wildman–Crippen MR) is 171 cm³/mol. The van der Waals surface area contributed by atoms with E-state index in [-0.39, 0.29) is 53.2 Å². The molecule has 0 amide bonds. The van der Waals surface area contributed by atoms with Crippen molar-refractivity contribution in [3.05, 3.63) is 152 Å². The second-order valence-electron chi connectivity index (χ2n) is 9.92. The summed E-state index contributed by atoms with van der Waals surface area (Å²) in [6.07, 6.45) is 3.73. The van der Waals surface area contributed by atoms with E-state index in [1.165, 1.54) is 0 Å². The smallest absolute Gasteiger partial charge is 0.503 e. The molecule has 0 aliphatic rings. The third-order valence-electron chi connectivity index (χ3n) is 7.03. The number of pyridine rings is 2. The van der Waals surface area contributed by atoms with Gasteiger partial charge in [0.2, 0.25) is 5.95 Å². The Labute approximate surface area is 301 Å². The van der Waals surface area contributed by atoms with Gasteiger partial charge in [-0.15, -0.1) is 71.8 Å². The number of aromatic nitrogens is 5. The van der Waals surface area contributed by atoms with Crippen molar-refractivity contribution >= 4 is 21.8 Å². The maximum atomic E-state index is 7.85. The number of rotatable bonds is 7. The molecule has 4 heterocycles. The first kappa shape index (κ1) is 29.4. The molecule has 9 heteroatoms. The molecule has 0 saturated heterocycles. The fourth-order valence-electron chi connectivity index (χ4n) is 5.06. The Hall–Kier alpha value is -5.02. The number of hydrogen-bond acceptors (Lipinski definition) is 6. The van der Waals surface area contributed by atoms with E-state index in [9.17, 15) is 0 Å². The third-order valence-corrected chi connectivity index (χ3v) is 7.03. The molecule has 0 unspecified atom stereocenters. The quantitative estimate of drug-likeness (QED) is 0.119. The standard InChI is InChI=1S/C38H21N5O2.2Pd/c1-3-18-39-34(12-1)26-8-5-10-28(22-26)44-30-14-16-32-33-17-15-31(25-37(33)43(36(32)24-30)38-41-20-7-21-42-38)45-29-11-6-9-27(23-29)35-13-2-4-19-40-35;;/h1-21H;;/q-4;2*+2/i18D,19D;;. The second kappa shape index (κ2) is 14.2. The summed E-state index contributed by atoms with van der Waals surface area (Å²) >= 11 is 0. The van der Waals surface area contributed by atoms with Crippen molar-refractivity contribution in [3.8, 4) is 51.5 Å². The molecule has 0 N–H and O–H groups in total. The van der Waals surface area contributed by atoms with Crippen LogP contribution in [-0.4, -0.2) is 24.5 Å². The molecule has 0 bridgehead atoms. The van der Waals surface area contributed by atoms with Crippen molar-refractivity contribution in [1.29, 1.82) is 0 Å². The van der Waals surface area contributed by atoms with E-state index in [0.717, 1.165) is 21.9 Å². The molecule has 4 aromatic carbocycles. The molecule has 0 spiro atoms. The molecule has 0 atom stereocenters. The van der Waals surface area contributed by atoms with Gasteiger partial charge in [-0.05, 0) is 29.6 Å². The summed E-state index contributed by atoms with van der Waals surface area (Å²) in [7, 11) is 0. The summed E-state index contributed by atoms with van der Waals surface area (Å²) in [4.78, 5) is 17.6. The van der Waals surface area contributed by atoms with Gasteiger partial charge in [-0.1, -0.05) is 47.4 Å². The summed E-state index contributed by atoms with van der Waals surface area (Å²) in [6.45, 7) is 0. The number of ether oxygens (including phenoxy) is 2. The zero-order valence-corrected chi connectivity index (χ0v) is 27.3. The van der Waals surface area contributed by atoms with E-state index >= 15 is 0 Å². The molecule has 0 aliphatic heterocycles. The second-order valence-corrected chi connectivity index (χ2v) is 9.92. The van der Waals surface area contributed by atoms with Gasteiger partial charge in [0.25, 0.3) is 0 Å². The van der Waals surface area contributed by atoms with E-state index in [4.69, 9.17) is 12.2 Å². The minimum absolute atomic E-state index is 0. The Bertz CT molecular complexity index is 2280. The molecule has 0 fully saturated rings. The van der Waals surface area contributed by atoms with E-state index in [1.807, 2.05) is 77.4 Å². The Morgan fingerprint density at radius 2 is 0.979 bits per heavy atom. The summed E-state index contributed by atoms with van der Waals surface area (Å²) in [5.74, 6) is 2.36. The van der Waals surface area contributed by atoms with Crippen LogP contribution in [0.15, 0.2) is 128 Å². The van der Waals surface area contributed by atoms with Crippen LogP contribution in [0.4, 0.5) is 0 Å². The molecule has 0 saturated carbocycles. The van der Waals surface area contributed by atoms with Gasteiger partial charge in [-0.3, -0.25) is 0 Å². The van der Waals surface area contributed by atoms with Gasteiger partial charge in [0.15, 0.2) is 0 Å². The van der Waals surface area contributed by atoms with E-state index in [2.05, 4.69) is 44.2 Å². The molecule has 0 aliphatic carbocycles. The normalized spacial score (nSPS) is 11.2. The van der Waals surface area contributed by atoms with Gasteiger partial charge in [0, 0.05) is 47.7 Å². The summed E-state index contributed by atoms with van der Waals surface area (Å²) in [5, 5.41) is 1.82. The fourth-order valence-corrected chi connectivity index (χ4v) is 5.06. The largest absolute Gasteiger partial charge is 2.00 e. The van der Waals surface area contributed by atoms with Crippen molar-refractivity contribution in [2.24, 2.45) is 0 Å². The number of fused-ring (bicyclic) bond motifs is 3. The predicted octanol–water partition coefficient (Wildman–Crippen LogP) is 8.48. The van der Waals surface area contributed by atoms with Gasteiger partial charge in [-0.25, -0.2) is 9.97 Å². The Kier molecular flexibility index (Phi) is 8.87. The molecule has 0 radical (unpaired) electrons. The van der Waals surface area contributed by atoms with Crippen molar-refractivity contribution in [3.63, 3.8) is 0 Å². The molecular formula is C38H21N5O2Pd2. The van der Waals surface area contributed by atoms with Gasteiger partial charge < -0.3 is 24.0 Å². The minimum atomic E-state index is 0. The molecule has 47 heavy (non-hydrogen) atoms.